The molecule has 20 heavy (non-hydrogen) atoms. The van der Waals surface area contributed by atoms with Gasteiger partial charge in [0.25, 0.3) is 0 Å². The van der Waals surface area contributed by atoms with E-state index in [1.807, 2.05) is 13.8 Å². The Labute approximate surface area is 127 Å². The molecule has 0 radical (unpaired) electrons. The number of Topliss-reactive ketones (excluding diaryl/α,β-unsaturated/α-hetero) is 1. The van der Waals surface area contributed by atoms with Crippen molar-refractivity contribution in [1.82, 2.24) is 15.1 Å². The number of rotatable bonds is 7. The Morgan fingerprint density at radius 1 is 1.55 bits per heavy atom. The van der Waals surface area contributed by atoms with Crippen molar-refractivity contribution in [2.24, 2.45) is 0 Å². The maximum Gasteiger partial charge on any atom is 0.407 e. The van der Waals surface area contributed by atoms with Gasteiger partial charge in [-0.1, -0.05) is 13.3 Å². The van der Waals surface area contributed by atoms with Crippen LogP contribution in [0.1, 0.15) is 50.1 Å². The molecular weight excluding hydrogens is 326 g/mol. The zero-order valence-corrected chi connectivity index (χ0v) is 13.6. The van der Waals surface area contributed by atoms with E-state index < -0.39 is 6.09 Å². The Balaban J connectivity index is 2.52. The first-order chi connectivity index (χ1) is 9.45. The fourth-order valence-electron chi connectivity index (χ4n) is 1.64. The quantitative estimate of drug-likeness (QED) is 0.609. The van der Waals surface area contributed by atoms with E-state index in [9.17, 15) is 9.59 Å². The molecule has 1 heterocycles. The predicted octanol–water partition coefficient (Wildman–Crippen LogP) is 2.94. The summed E-state index contributed by atoms with van der Waals surface area (Å²) in [5, 5.41) is 6.87. The molecule has 1 aromatic rings. The molecule has 0 aliphatic heterocycles. The van der Waals surface area contributed by atoms with Crippen molar-refractivity contribution in [2.75, 3.05) is 13.2 Å². The first-order valence-corrected chi connectivity index (χ1v) is 7.41. The molecule has 0 bridgehead atoms. The van der Waals surface area contributed by atoms with Crippen LogP contribution in [0.3, 0.4) is 0 Å². The van der Waals surface area contributed by atoms with Crippen molar-refractivity contribution in [3.63, 3.8) is 0 Å². The monoisotopic (exact) mass is 345 g/mol. The minimum atomic E-state index is -0.444. The van der Waals surface area contributed by atoms with Crippen LogP contribution in [-0.2, 0) is 4.74 Å². The number of aromatic nitrogens is 2. The molecule has 0 spiro atoms. The van der Waals surface area contributed by atoms with Crippen molar-refractivity contribution >= 4 is 27.8 Å². The van der Waals surface area contributed by atoms with E-state index in [2.05, 4.69) is 26.3 Å². The van der Waals surface area contributed by atoms with E-state index in [0.29, 0.717) is 23.4 Å². The lowest BCUT2D eigenvalue weighted by atomic mass is 10.2. The molecule has 0 saturated heterocycles. The number of amides is 1. The van der Waals surface area contributed by atoms with Gasteiger partial charge in [0.2, 0.25) is 0 Å². The van der Waals surface area contributed by atoms with Crippen molar-refractivity contribution in [3.8, 4) is 0 Å². The molecule has 7 heteroatoms. The van der Waals surface area contributed by atoms with Gasteiger partial charge < -0.3 is 10.1 Å². The van der Waals surface area contributed by atoms with Crippen molar-refractivity contribution in [3.05, 3.63) is 16.4 Å². The molecule has 0 aliphatic rings. The number of halogens is 1. The summed E-state index contributed by atoms with van der Waals surface area (Å²) in [4.78, 5) is 22.9. The third-order valence-electron chi connectivity index (χ3n) is 2.76. The average molecular weight is 346 g/mol. The first kappa shape index (κ1) is 16.7. The predicted molar refractivity (Wildman–Crippen MR) is 78.9 cm³/mol. The van der Waals surface area contributed by atoms with Crippen LogP contribution >= 0.6 is 15.9 Å². The van der Waals surface area contributed by atoms with Gasteiger partial charge in [0.15, 0.2) is 5.78 Å². The van der Waals surface area contributed by atoms with Gasteiger partial charge in [0, 0.05) is 19.5 Å². The summed E-state index contributed by atoms with van der Waals surface area (Å²) in [6.45, 7) is 6.15. The third-order valence-corrected chi connectivity index (χ3v) is 3.14. The topological polar surface area (TPSA) is 73.2 Å². The third kappa shape index (κ3) is 4.96. The standard InChI is InChI=1S/C13H20BrN3O3/c1-4-5-6-20-13(19)15-8-9(2)17-11(10(3)18)7-12(14)16-17/h7,9H,4-6,8H2,1-3H3,(H,15,19)/t9-/m0/s1. The fraction of sp³-hybridized carbons (Fsp3) is 0.615. The highest BCUT2D eigenvalue weighted by atomic mass is 79.9. The average Bonchev–Trinajstić information content (AvgIpc) is 2.78. The van der Waals surface area contributed by atoms with Gasteiger partial charge in [-0.2, -0.15) is 5.10 Å². The highest BCUT2D eigenvalue weighted by Crippen LogP contribution is 2.16. The van der Waals surface area contributed by atoms with E-state index in [0.717, 1.165) is 12.8 Å². The Morgan fingerprint density at radius 3 is 2.85 bits per heavy atom. The number of unbranched alkanes of at least 4 members (excludes halogenated alkanes) is 1. The molecule has 0 fully saturated rings. The van der Waals surface area contributed by atoms with E-state index >= 15 is 0 Å². The van der Waals surface area contributed by atoms with E-state index in [-0.39, 0.29) is 11.8 Å². The summed E-state index contributed by atoms with van der Waals surface area (Å²) in [5.41, 5.74) is 0.505. The summed E-state index contributed by atoms with van der Waals surface area (Å²) in [7, 11) is 0. The highest BCUT2D eigenvalue weighted by Gasteiger charge is 2.16. The number of nitrogens with one attached hydrogen (secondary N) is 1. The SMILES string of the molecule is CCCCOC(=O)NC[C@H](C)n1nc(Br)cc1C(C)=O. The Hall–Kier alpha value is -1.37. The summed E-state index contributed by atoms with van der Waals surface area (Å²) < 4.78 is 7.19. The van der Waals surface area contributed by atoms with E-state index in [1.54, 1.807) is 10.7 Å². The summed E-state index contributed by atoms with van der Waals surface area (Å²) >= 11 is 3.25. The molecular formula is C13H20BrN3O3. The Morgan fingerprint density at radius 2 is 2.25 bits per heavy atom. The lowest BCUT2D eigenvalue weighted by Crippen LogP contribution is -2.31. The number of ketones is 1. The first-order valence-electron chi connectivity index (χ1n) is 6.62. The number of nitrogens with zero attached hydrogens (tertiary/aromatic N) is 2. The van der Waals surface area contributed by atoms with Gasteiger partial charge in [-0.25, -0.2) is 4.79 Å². The number of hydrogen-bond acceptors (Lipinski definition) is 4. The van der Waals surface area contributed by atoms with Gasteiger partial charge >= 0.3 is 6.09 Å². The molecule has 0 aliphatic carbocycles. The smallest absolute Gasteiger partial charge is 0.407 e. The summed E-state index contributed by atoms with van der Waals surface area (Å²) in [6, 6.07) is 1.53. The Bertz CT molecular complexity index is 473. The second kappa shape index (κ2) is 8.04. The number of alkyl carbamates (subject to hydrolysis) is 1. The lowest BCUT2D eigenvalue weighted by Gasteiger charge is -2.15. The van der Waals surface area contributed by atoms with Gasteiger partial charge in [0.05, 0.1) is 12.6 Å². The molecule has 1 atom stereocenters. The number of carbonyl (C=O) groups excluding carboxylic acids is 2. The maximum absolute atomic E-state index is 11.5. The van der Waals surface area contributed by atoms with Crippen LogP contribution in [0, 0.1) is 0 Å². The zero-order valence-electron chi connectivity index (χ0n) is 12.0. The van der Waals surface area contributed by atoms with Crippen LogP contribution in [0.15, 0.2) is 10.7 Å². The van der Waals surface area contributed by atoms with Crippen LogP contribution in [-0.4, -0.2) is 34.8 Å². The van der Waals surface area contributed by atoms with Gasteiger partial charge in [-0.3, -0.25) is 9.48 Å². The van der Waals surface area contributed by atoms with E-state index in [1.165, 1.54) is 6.92 Å². The fourth-order valence-corrected chi connectivity index (χ4v) is 2.03. The molecule has 6 nitrogen and oxygen atoms in total. The van der Waals surface area contributed by atoms with Crippen LogP contribution in [0.4, 0.5) is 4.79 Å². The molecule has 1 N–H and O–H groups in total. The molecule has 0 unspecified atom stereocenters. The van der Waals surface area contributed by atoms with Crippen molar-refractivity contribution in [2.45, 2.75) is 39.7 Å². The molecule has 0 saturated carbocycles. The normalized spacial score (nSPS) is 12.0. The highest BCUT2D eigenvalue weighted by molar-refractivity contribution is 9.10. The summed E-state index contributed by atoms with van der Waals surface area (Å²) in [5.74, 6) is -0.0689. The second-order valence-corrected chi connectivity index (χ2v) is 5.38. The van der Waals surface area contributed by atoms with Crippen LogP contribution < -0.4 is 5.32 Å². The minimum absolute atomic E-state index is 0.0689. The lowest BCUT2D eigenvalue weighted by molar-refractivity contribution is 0.100. The van der Waals surface area contributed by atoms with Gasteiger partial charge in [-0.15, -0.1) is 0 Å². The molecule has 0 aromatic carbocycles. The largest absolute Gasteiger partial charge is 0.450 e. The minimum Gasteiger partial charge on any atom is -0.450 e. The molecule has 1 amide bonds. The van der Waals surface area contributed by atoms with Crippen LogP contribution in [0.2, 0.25) is 0 Å². The number of ether oxygens (including phenoxy) is 1. The van der Waals surface area contributed by atoms with Gasteiger partial charge in [-0.05, 0) is 29.3 Å². The second-order valence-electron chi connectivity index (χ2n) is 4.57. The van der Waals surface area contributed by atoms with E-state index in [4.69, 9.17) is 4.74 Å². The molecule has 112 valence electrons. The zero-order chi connectivity index (χ0) is 15.1. The molecule has 1 rings (SSSR count). The summed E-state index contributed by atoms with van der Waals surface area (Å²) in [6.07, 6.45) is 1.39. The number of carbonyl (C=O) groups is 2. The van der Waals surface area contributed by atoms with Crippen LogP contribution in [0.25, 0.3) is 0 Å². The van der Waals surface area contributed by atoms with Crippen molar-refractivity contribution in [1.29, 1.82) is 0 Å². The maximum atomic E-state index is 11.5. The Kier molecular flexibility index (Phi) is 6.70. The van der Waals surface area contributed by atoms with Crippen molar-refractivity contribution < 1.29 is 14.3 Å². The number of hydrogen-bond donors (Lipinski definition) is 1. The molecule has 1 aromatic heterocycles. The van der Waals surface area contributed by atoms with Gasteiger partial charge in [0.1, 0.15) is 10.3 Å². The van der Waals surface area contributed by atoms with Crippen LogP contribution in [0.5, 0.6) is 0 Å².